The van der Waals surface area contributed by atoms with Crippen molar-refractivity contribution in [1.29, 1.82) is 0 Å². The van der Waals surface area contributed by atoms with E-state index in [2.05, 4.69) is 10.4 Å². The topological polar surface area (TPSA) is 73.2 Å². The van der Waals surface area contributed by atoms with Gasteiger partial charge in [0.25, 0.3) is 0 Å². The zero-order valence-electron chi connectivity index (χ0n) is 15.3. The summed E-state index contributed by atoms with van der Waals surface area (Å²) in [5, 5.41) is 7.26. The smallest absolute Gasteiger partial charge is 0.356 e. The van der Waals surface area contributed by atoms with E-state index in [0.717, 1.165) is 22.5 Å². The van der Waals surface area contributed by atoms with Crippen LogP contribution in [0.4, 0.5) is 0 Å². The zero-order valence-corrected chi connectivity index (χ0v) is 15.3. The lowest BCUT2D eigenvalue weighted by atomic mass is 10.1. The summed E-state index contributed by atoms with van der Waals surface area (Å²) in [4.78, 5) is 23.9. The number of carbonyl (C=O) groups excluding carboxylic acids is 2. The fraction of sp³-hybridized carbons (Fsp3) is 0.190. The third-order valence-corrected chi connectivity index (χ3v) is 4.10. The van der Waals surface area contributed by atoms with Crippen molar-refractivity contribution >= 4 is 11.9 Å². The number of amides is 1. The third-order valence-electron chi connectivity index (χ3n) is 4.10. The van der Waals surface area contributed by atoms with Gasteiger partial charge in [0.2, 0.25) is 5.91 Å². The van der Waals surface area contributed by atoms with Crippen molar-refractivity contribution in [2.75, 3.05) is 7.11 Å². The molecule has 6 nitrogen and oxygen atoms in total. The molecule has 0 atom stereocenters. The van der Waals surface area contributed by atoms with Crippen LogP contribution in [0.1, 0.15) is 27.3 Å². The molecule has 0 aliphatic carbocycles. The summed E-state index contributed by atoms with van der Waals surface area (Å²) in [6.07, 6.45) is 0.355. The molecule has 3 aromatic rings. The summed E-state index contributed by atoms with van der Waals surface area (Å²) >= 11 is 0. The lowest BCUT2D eigenvalue weighted by Crippen LogP contribution is -2.24. The number of hydrogen-bond donors (Lipinski definition) is 1. The quantitative estimate of drug-likeness (QED) is 0.684. The molecule has 3 rings (SSSR count). The molecule has 1 aromatic heterocycles. The van der Waals surface area contributed by atoms with Crippen molar-refractivity contribution in [2.24, 2.45) is 0 Å². The number of aryl methyl sites for hydroxylation is 1. The van der Waals surface area contributed by atoms with Crippen LogP contribution >= 0.6 is 0 Å². The Kier molecular flexibility index (Phi) is 5.66. The molecule has 2 aromatic carbocycles. The molecule has 0 aliphatic rings. The van der Waals surface area contributed by atoms with Crippen LogP contribution in [0.3, 0.4) is 0 Å². The molecule has 0 fully saturated rings. The average Bonchev–Trinajstić information content (AvgIpc) is 3.08. The first-order valence-electron chi connectivity index (χ1n) is 8.62. The number of methoxy groups -OCH3 is 1. The summed E-state index contributed by atoms with van der Waals surface area (Å²) in [6, 6.07) is 18.8. The second-order valence-electron chi connectivity index (χ2n) is 6.18. The molecule has 1 heterocycles. The van der Waals surface area contributed by atoms with Gasteiger partial charge in [0.1, 0.15) is 0 Å². The van der Waals surface area contributed by atoms with Crippen LogP contribution in [0, 0.1) is 6.92 Å². The molecule has 0 saturated carbocycles. The number of hydrogen-bond acceptors (Lipinski definition) is 4. The third kappa shape index (κ3) is 4.61. The molecular weight excluding hydrogens is 342 g/mol. The van der Waals surface area contributed by atoms with Gasteiger partial charge >= 0.3 is 5.97 Å². The van der Waals surface area contributed by atoms with Gasteiger partial charge in [-0.3, -0.25) is 4.79 Å². The molecule has 0 unspecified atom stereocenters. The highest BCUT2D eigenvalue weighted by molar-refractivity contribution is 5.88. The molecule has 6 heteroatoms. The van der Waals surface area contributed by atoms with Crippen molar-refractivity contribution in [3.8, 4) is 5.69 Å². The second kappa shape index (κ2) is 8.31. The van der Waals surface area contributed by atoms with Gasteiger partial charge in [0, 0.05) is 6.54 Å². The van der Waals surface area contributed by atoms with Crippen molar-refractivity contribution in [1.82, 2.24) is 15.1 Å². The Morgan fingerprint density at radius 1 is 1.04 bits per heavy atom. The standard InChI is InChI=1S/C21H21N3O3/c1-15-12-19(21(26)27-2)24(23-15)18-10-8-17(9-11-18)14-22-20(25)13-16-6-4-3-5-7-16/h3-12H,13-14H2,1-2H3,(H,22,25). The molecule has 27 heavy (non-hydrogen) atoms. The normalized spacial score (nSPS) is 10.4. The van der Waals surface area contributed by atoms with E-state index in [1.54, 1.807) is 10.7 Å². The average molecular weight is 363 g/mol. The Hall–Kier alpha value is -3.41. The summed E-state index contributed by atoms with van der Waals surface area (Å²) in [5.74, 6) is -0.464. The molecule has 1 amide bonds. The van der Waals surface area contributed by atoms with Gasteiger partial charge in [-0.2, -0.15) is 5.10 Å². The maximum atomic E-state index is 12.1. The van der Waals surface area contributed by atoms with Gasteiger partial charge in [-0.15, -0.1) is 0 Å². The van der Waals surface area contributed by atoms with Crippen LogP contribution < -0.4 is 5.32 Å². The summed E-state index contributed by atoms with van der Waals surface area (Å²) in [7, 11) is 1.34. The Balaban J connectivity index is 1.64. The van der Waals surface area contributed by atoms with E-state index in [1.807, 2.05) is 61.5 Å². The van der Waals surface area contributed by atoms with Gasteiger partial charge < -0.3 is 10.1 Å². The molecule has 0 spiro atoms. The van der Waals surface area contributed by atoms with Gasteiger partial charge in [-0.1, -0.05) is 42.5 Å². The van der Waals surface area contributed by atoms with Gasteiger partial charge in [0.05, 0.1) is 24.9 Å². The molecule has 0 aliphatic heterocycles. The number of rotatable bonds is 6. The molecule has 0 saturated heterocycles. The zero-order chi connectivity index (χ0) is 19.2. The maximum Gasteiger partial charge on any atom is 0.356 e. The van der Waals surface area contributed by atoms with Crippen molar-refractivity contribution < 1.29 is 14.3 Å². The lowest BCUT2D eigenvalue weighted by Gasteiger charge is -2.08. The van der Waals surface area contributed by atoms with Crippen LogP contribution in [0.5, 0.6) is 0 Å². The number of nitrogens with one attached hydrogen (secondary N) is 1. The number of benzene rings is 2. The molecule has 0 bridgehead atoms. The van der Waals surface area contributed by atoms with Crippen LogP contribution in [-0.4, -0.2) is 28.8 Å². The number of nitrogens with zero attached hydrogens (tertiary/aromatic N) is 2. The van der Waals surface area contributed by atoms with Crippen molar-refractivity contribution in [3.05, 3.63) is 83.2 Å². The first-order chi connectivity index (χ1) is 13.1. The Morgan fingerprint density at radius 2 is 1.74 bits per heavy atom. The fourth-order valence-electron chi connectivity index (χ4n) is 2.75. The number of carbonyl (C=O) groups is 2. The molecule has 0 radical (unpaired) electrons. The summed E-state index contributed by atoms with van der Waals surface area (Å²) in [5.41, 5.74) is 3.80. The van der Waals surface area contributed by atoms with Gasteiger partial charge in [0.15, 0.2) is 5.69 Å². The van der Waals surface area contributed by atoms with Crippen LogP contribution in [-0.2, 0) is 22.5 Å². The van der Waals surface area contributed by atoms with Crippen LogP contribution in [0.2, 0.25) is 0 Å². The van der Waals surface area contributed by atoms with E-state index in [1.165, 1.54) is 7.11 Å². The highest BCUT2D eigenvalue weighted by Gasteiger charge is 2.15. The van der Waals surface area contributed by atoms with E-state index in [9.17, 15) is 9.59 Å². The van der Waals surface area contributed by atoms with Gasteiger partial charge in [-0.05, 0) is 36.2 Å². The number of ether oxygens (including phenoxy) is 1. The van der Waals surface area contributed by atoms with E-state index >= 15 is 0 Å². The monoisotopic (exact) mass is 363 g/mol. The predicted molar refractivity (Wildman–Crippen MR) is 102 cm³/mol. The minimum atomic E-state index is -0.437. The number of aromatic nitrogens is 2. The first kappa shape index (κ1) is 18.4. The fourth-order valence-corrected chi connectivity index (χ4v) is 2.75. The van der Waals surface area contributed by atoms with E-state index < -0.39 is 5.97 Å². The van der Waals surface area contributed by atoms with Crippen molar-refractivity contribution in [3.63, 3.8) is 0 Å². The SMILES string of the molecule is COC(=O)c1cc(C)nn1-c1ccc(CNC(=O)Cc2ccccc2)cc1. The van der Waals surface area contributed by atoms with E-state index in [0.29, 0.717) is 18.7 Å². The Bertz CT molecular complexity index is 931. The largest absolute Gasteiger partial charge is 0.464 e. The maximum absolute atomic E-state index is 12.1. The van der Waals surface area contributed by atoms with E-state index in [-0.39, 0.29) is 5.91 Å². The second-order valence-corrected chi connectivity index (χ2v) is 6.18. The Labute approximate surface area is 157 Å². The van der Waals surface area contributed by atoms with Crippen molar-refractivity contribution in [2.45, 2.75) is 19.9 Å². The highest BCUT2D eigenvalue weighted by Crippen LogP contribution is 2.15. The van der Waals surface area contributed by atoms with Gasteiger partial charge in [-0.25, -0.2) is 9.48 Å². The highest BCUT2D eigenvalue weighted by atomic mass is 16.5. The predicted octanol–water partition coefficient (Wildman–Crippen LogP) is 2.83. The summed E-state index contributed by atoms with van der Waals surface area (Å²) in [6.45, 7) is 2.26. The first-order valence-corrected chi connectivity index (χ1v) is 8.62. The minimum Gasteiger partial charge on any atom is -0.464 e. The minimum absolute atomic E-state index is 0.0269. The van der Waals surface area contributed by atoms with E-state index in [4.69, 9.17) is 4.74 Å². The number of esters is 1. The summed E-state index contributed by atoms with van der Waals surface area (Å²) < 4.78 is 6.36. The lowest BCUT2D eigenvalue weighted by molar-refractivity contribution is -0.120. The molecule has 138 valence electrons. The molecule has 1 N–H and O–H groups in total. The van der Waals surface area contributed by atoms with Crippen LogP contribution in [0.15, 0.2) is 60.7 Å². The van der Waals surface area contributed by atoms with Crippen LogP contribution in [0.25, 0.3) is 5.69 Å². The molecular formula is C21H21N3O3. The Morgan fingerprint density at radius 3 is 2.41 bits per heavy atom.